The van der Waals surface area contributed by atoms with Gasteiger partial charge in [0.25, 0.3) is 0 Å². The molecule has 4 aliphatic rings. The molecule has 0 unspecified atom stereocenters. The average Bonchev–Trinajstić information content (AvgIpc) is 3.21. The Balaban J connectivity index is 1.50. The number of aliphatic carboxylic acids is 1. The van der Waals surface area contributed by atoms with Crippen LogP contribution in [0.25, 0.3) is 0 Å². The molecule has 2 heterocycles. The maximum Gasteiger partial charge on any atom is 0.307 e. The Morgan fingerprint density at radius 3 is 2.70 bits per heavy atom. The maximum absolute atomic E-state index is 13.8. The summed E-state index contributed by atoms with van der Waals surface area (Å²) >= 11 is 3.30. The maximum atomic E-state index is 13.8. The van der Waals surface area contributed by atoms with Crippen molar-refractivity contribution in [3.63, 3.8) is 0 Å². The van der Waals surface area contributed by atoms with Crippen molar-refractivity contribution >= 4 is 39.4 Å². The number of nitrogens with one attached hydrogen (secondary N) is 1. The van der Waals surface area contributed by atoms with Crippen molar-refractivity contribution in [1.29, 1.82) is 0 Å². The lowest BCUT2D eigenvalue weighted by atomic mass is 9.63. The van der Waals surface area contributed by atoms with E-state index >= 15 is 0 Å². The summed E-state index contributed by atoms with van der Waals surface area (Å²) in [6, 6.07) is 3.52. The first-order valence-electron chi connectivity index (χ1n) is 10.8. The Labute approximate surface area is 183 Å². The van der Waals surface area contributed by atoms with Crippen LogP contribution in [0, 0.1) is 28.6 Å². The fraction of sp³-hybridized carbons (Fsp3) is 0.636. The van der Waals surface area contributed by atoms with Crippen molar-refractivity contribution in [2.75, 3.05) is 18.4 Å². The summed E-state index contributed by atoms with van der Waals surface area (Å²) in [6.45, 7) is 1.15. The van der Waals surface area contributed by atoms with Gasteiger partial charge in [-0.2, -0.15) is 0 Å². The first-order valence-corrected chi connectivity index (χ1v) is 11.6. The fourth-order valence-corrected chi connectivity index (χ4v) is 7.22. The van der Waals surface area contributed by atoms with Crippen LogP contribution in [-0.2, 0) is 14.4 Å². The molecule has 1 spiro atoms. The summed E-state index contributed by atoms with van der Waals surface area (Å²) in [5, 5.41) is 13.2. The third-order valence-electron chi connectivity index (χ3n) is 8.25. The van der Waals surface area contributed by atoms with Crippen molar-refractivity contribution in [2.24, 2.45) is 28.6 Å². The second kappa shape index (κ2) is 7.04. The van der Waals surface area contributed by atoms with Gasteiger partial charge in [-0.15, -0.1) is 0 Å². The molecule has 4 atom stereocenters. The molecule has 1 saturated heterocycles. The van der Waals surface area contributed by atoms with Crippen LogP contribution < -0.4 is 5.32 Å². The predicted octanol–water partition coefficient (Wildman–Crippen LogP) is 3.30. The van der Waals surface area contributed by atoms with E-state index in [0.717, 1.165) is 32.1 Å². The summed E-state index contributed by atoms with van der Waals surface area (Å²) in [5.41, 5.74) is -0.411. The Hall–Kier alpha value is -1.96. The molecule has 7 nitrogen and oxygen atoms in total. The van der Waals surface area contributed by atoms with Gasteiger partial charge in [0, 0.05) is 19.5 Å². The average molecular weight is 476 g/mol. The first kappa shape index (κ1) is 20.0. The number of rotatable bonds is 6. The van der Waals surface area contributed by atoms with E-state index in [1.807, 2.05) is 0 Å². The number of carboxylic acid groups (broad SMARTS) is 1. The molecular weight excluding hydrogens is 450 g/mol. The minimum Gasteiger partial charge on any atom is -0.481 e. The zero-order chi connectivity index (χ0) is 21.1. The molecule has 5 rings (SSSR count). The van der Waals surface area contributed by atoms with Crippen LogP contribution in [0.1, 0.15) is 44.9 Å². The zero-order valence-corrected chi connectivity index (χ0v) is 18.4. The molecule has 0 aromatic carbocycles. The molecule has 8 heteroatoms. The molecule has 2 N–H and O–H groups in total. The van der Waals surface area contributed by atoms with Gasteiger partial charge >= 0.3 is 5.97 Å². The molecule has 3 saturated carbocycles. The highest BCUT2D eigenvalue weighted by atomic mass is 79.9. The Kier molecular flexibility index (Phi) is 4.69. The van der Waals surface area contributed by atoms with Crippen molar-refractivity contribution < 1.29 is 19.5 Å². The van der Waals surface area contributed by atoms with Crippen molar-refractivity contribution in [2.45, 2.75) is 44.9 Å². The van der Waals surface area contributed by atoms with E-state index in [1.54, 1.807) is 23.2 Å². The number of carbonyl (C=O) groups is 3. The quantitative estimate of drug-likeness (QED) is 0.614. The fourth-order valence-electron chi connectivity index (χ4n) is 6.98. The molecule has 1 aromatic heterocycles. The lowest BCUT2D eigenvalue weighted by Crippen LogP contribution is -2.51. The number of nitrogens with zero attached hydrogens (tertiary/aromatic N) is 2. The van der Waals surface area contributed by atoms with E-state index in [0.29, 0.717) is 36.2 Å². The second-order valence-corrected chi connectivity index (χ2v) is 10.2. The largest absolute Gasteiger partial charge is 0.481 e. The summed E-state index contributed by atoms with van der Waals surface area (Å²) in [7, 11) is 0. The van der Waals surface area contributed by atoms with E-state index < -0.39 is 17.3 Å². The monoisotopic (exact) mass is 475 g/mol. The topological polar surface area (TPSA) is 99.6 Å². The Morgan fingerprint density at radius 1 is 1.30 bits per heavy atom. The van der Waals surface area contributed by atoms with E-state index in [9.17, 15) is 19.5 Å². The van der Waals surface area contributed by atoms with E-state index in [2.05, 4.69) is 26.2 Å². The smallest absolute Gasteiger partial charge is 0.307 e. The van der Waals surface area contributed by atoms with Gasteiger partial charge in [0.2, 0.25) is 11.8 Å². The molecule has 160 valence electrons. The highest BCUT2D eigenvalue weighted by molar-refractivity contribution is 9.10. The predicted molar refractivity (Wildman–Crippen MR) is 112 cm³/mol. The first-order chi connectivity index (χ1) is 14.4. The van der Waals surface area contributed by atoms with Crippen LogP contribution in [0.15, 0.2) is 22.9 Å². The van der Waals surface area contributed by atoms with Gasteiger partial charge in [0.15, 0.2) is 0 Å². The third-order valence-corrected chi connectivity index (χ3v) is 8.72. The highest BCUT2D eigenvalue weighted by Crippen LogP contribution is 2.79. The lowest BCUT2D eigenvalue weighted by molar-refractivity contribution is -0.156. The Bertz CT molecular complexity index is 900. The van der Waals surface area contributed by atoms with Crippen LogP contribution in [0.5, 0.6) is 0 Å². The van der Waals surface area contributed by atoms with Gasteiger partial charge in [-0.1, -0.05) is 0 Å². The van der Waals surface area contributed by atoms with Crippen LogP contribution in [0.2, 0.25) is 0 Å². The van der Waals surface area contributed by atoms with Crippen LogP contribution in [0.4, 0.5) is 5.69 Å². The number of anilines is 1. The van der Waals surface area contributed by atoms with Gasteiger partial charge in [0.05, 0.1) is 23.2 Å². The summed E-state index contributed by atoms with van der Waals surface area (Å²) in [6.07, 6.45) is 7.19. The molecule has 4 fully saturated rings. The molecule has 2 amide bonds. The number of hydrogen-bond donors (Lipinski definition) is 2. The van der Waals surface area contributed by atoms with Gasteiger partial charge < -0.3 is 15.3 Å². The van der Waals surface area contributed by atoms with Crippen molar-refractivity contribution in [1.82, 2.24) is 9.88 Å². The summed E-state index contributed by atoms with van der Waals surface area (Å²) < 4.78 is 0.669. The number of likely N-dealkylation sites (tertiary alicyclic amines) is 1. The number of carboxylic acids is 1. The van der Waals surface area contributed by atoms with Crippen LogP contribution >= 0.6 is 15.9 Å². The summed E-state index contributed by atoms with van der Waals surface area (Å²) in [5.74, 6) is -1.55. The highest BCUT2D eigenvalue weighted by Gasteiger charge is 2.77. The zero-order valence-electron chi connectivity index (χ0n) is 16.8. The number of carbonyl (C=O) groups excluding carboxylic acids is 2. The molecule has 3 aliphatic carbocycles. The van der Waals surface area contributed by atoms with Gasteiger partial charge in [0.1, 0.15) is 4.60 Å². The number of amides is 2. The van der Waals surface area contributed by atoms with Crippen LogP contribution in [-0.4, -0.2) is 45.9 Å². The van der Waals surface area contributed by atoms with Crippen molar-refractivity contribution in [3.05, 3.63) is 22.9 Å². The van der Waals surface area contributed by atoms with E-state index in [4.69, 9.17) is 0 Å². The number of pyridine rings is 1. The normalized spacial score (nSPS) is 33.3. The minimum atomic E-state index is -0.985. The minimum absolute atomic E-state index is 0.00732. The molecule has 2 bridgehead atoms. The third kappa shape index (κ3) is 2.82. The number of aromatic nitrogens is 1. The molecule has 0 radical (unpaired) electrons. The van der Waals surface area contributed by atoms with Gasteiger partial charge in [-0.3, -0.25) is 14.4 Å². The standard InChI is InChI=1S/C22H26BrN3O4/c23-16-6-3-13(12-24-16)25-20(30)22(9-11-26-10-1-2-17(26)27)15-5-4-14(18(22)19(28)29)21(15)7-8-21/h3,6,12,14-15,18H,1-2,4-5,7-11H2,(H,25,30)(H,28,29)/t14-,15+,18+,22-/m1/s1. The molecule has 1 aromatic rings. The summed E-state index contributed by atoms with van der Waals surface area (Å²) in [4.78, 5) is 44.5. The number of halogens is 1. The lowest BCUT2D eigenvalue weighted by Gasteiger charge is -2.41. The van der Waals surface area contributed by atoms with Gasteiger partial charge in [-0.05, 0) is 83.8 Å². The SMILES string of the molecule is O=C(O)[C@@H]1[C@H]2CC[C@@H](C23CC3)[C@@]1(CCN1CCCC1=O)C(=O)Nc1ccc(Br)nc1. The second-order valence-electron chi connectivity index (χ2n) is 9.38. The van der Waals surface area contributed by atoms with Crippen LogP contribution in [0.3, 0.4) is 0 Å². The number of hydrogen-bond acceptors (Lipinski definition) is 4. The van der Waals surface area contributed by atoms with Crippen molar-refractivity contribution in [3.8, 4) is 0 Å². The van der Waals surface area contributed by atoms with E-state index in [-0.39, 0.29) is 29.1 Å². The Morgan fingerprint density at radius 2 is 2.10 bits per heavy atom. The molecular formula is C22H26BrN3O4. The van der Waals surface area contributed by atoms with Gasteiger partial charge in [-0.25, -0.2) is 4.98 Å². The van der Waals surface area contributed by atoms with E-state index in [1.165, 1.54) is 0 Å². The molecule has 30 heavy (non-hydrogen) atoms. The molecule has 1 aliphatic heterocycles.